The van der Waals surface area contributed by atoms with E-state index < -0.39 is 0 Å². The molecule has 0 atom stereocenters. The van der Waals surface area contributed by atoms with Gasteiger partial charge in [0.25, 0.3) is 5.56 Å². The van der Waals surface area contributed by atoms with Crippen LogP contribution in [0.5, 0.6) is 0 Å². The molecule has 0 bridgehead atoms. The number of H-pyrrole nitrogens is 1. The predicted octanol–water partition coefficient (Wildman–Crippen LogP) is 4.62. The van der Waals surface area contributed by atoms with E-state index in [1.165, 1.54) is 35.2 Å². The average Bonchev–Trinajstić information content (AvgIpc) is 3.01. The van der Waals surface area contributed by atoms with Crippen molar-refractivity contribution < 1.29 is 9.18 Å². The maximum Gasteiger partial charge on any atom is 0.260 e. The Bertz CT molecular complexity index is 1120. The quantitative estimate of drug-likeness (QED) is 0.337. The van der Waals surface area contributed by atoms with E-state index in [0.717, 1.165) is 21.6 Å². The van der Waals surface area contributed by atoms with Crippen LogP contribution in [0.3, 0.4) is 0 Å². The Morgan fingerprint density at radius 3 is 2.66 bits per heavy atom. The van der Waals surface area contributed by atoms with Crippen LogP contribution in [-0.2, 0) is 4.79 Å². The van der Waals surface area contributed by atoms with Gasteiger partial charge in [-0.25, -0.2) is 9.37 Å². The number of fused-ring (bicyclic) bond motifs is 1. The summed E-state index contributed by atoms with van der Waals surface area (Å²) >= 11 is 2.63. The SMILES string of the molecule is C=C(C)CN(CC)C(=O)CSc1nc2sc(C)c(-c3ccc(F)cc3)c2c(=O)[nH]1. The van der Waals surface area contributed by atoms with Gasteiger partial charge in [-0.15, -0.1) is 11.3 Å². The predicted molar refractivity (Wildman–Crippen MR) is 118 cm³/mol. The number of amides is 1. The summed E-state index contributed by atoms with van der Waals surface area (Å²) in [4.78, 5) is 35.8. The summed E-state index contributed by atoms with van der Waals surface area (Å²) in [6.07, 6.45) is 0. The van der Waals surface area contributed by atoms with E-state index >= 15 is 0 Å². The number of thioether (sulfide) groups is 1. The lowest BCUT2D eigenvalue weighted by atomic mass is 10.0. The molecule has 0 aliphatic carbocycles. The molecule has 0 aliphatic rings. The first-order chi connectivity index (χ1) is 13.8. The molecular weight excluding hydrogens is 409 g/mol. The maximum atomic E-state index is 13.3. The zero-order valence-corrected chi connectivity index (χ0v) is 18.2. The number of rotatable bonds is 7. The average molecular weight is 432 g/mol. The summed E-state index contributed by atoms with van der Waals surface area (Å²) in [7, 11) is 0. The normalized spacial score (nSPS) is 11.0. The van der Waals surface area contributed by atoms with Crippen molar-refractivity contribution in [3.63, 3.8) is 0 Å². The molecule has 29 heavy (non-hydrogen) atoms. The number of aromatic nitrogens is 2. The molecule has 5 nitrogen and oxygen atoms in total. The Hall–Kier alpha value is -2.45. The molecule has 2 aromatic heterocycles. The van der Waals surface area contributed by atoms with E-state index in [0.29, 0.717) is 28.5 Å². The van der Waals surface area contributed by atoms with Gasteiger partial charge in [-0.05, 0) is 38.5 Å². The number of carbonyl (C=O) groups excluding carboxylic acids is 1. The molecule has 2 heterocycles. The van der Waals surface area contributed by atoms with Gasteiger partial charge in [0.1, 0.15) is 10.6 Å². The summed E-state index contributed by atoms with van der Waals surface area (Å²) in [5, 5.41) is 0.904. The molecule has 152 valence electrons. The first-order valence-electron chi connectivity index (χ1n) is 9.14. The Kier molecular flexibility index (Phi) is 6.54. The van der Waals surface area contributed by atoms with Gasteiger partial charge < -0.3 is 9.88 Å². The number of likely N-dealkylation sites (N-methyl/N-ethyl adjacent to an activating group) is 1. The second kappa shape index (κ2) is 8.92. The highest BCUT2D eigenvalue weighted by atomic mass is 32.2. The minimum atomic E-state index is -0.325. The standard InChI is InChI=1S/C21H22FN3O2S2/c1-5-25(10-12(2)3)16(26)11-28-21-23-19(27)18-17(13(4)29-20(18)24-21)14-6-8-15(22)9-7-14/h6-9H,2,5,10-11H2,1,3-4H3,(H,23,24,27). The molecular formula is C21H22FN3O2S2. The fourth-order valence-corrected chi connectivity index (χ4v) is 4.92. The molecule has 1 N–H and O–H groups in total. The number of benzene rings is 1. The molecule has 3 rings (SSSR count). The van der Waals surface area contributed by atoms with Gasteiger partial charge in [0, 0.05) is 23.5 Å². The largest absolute Gasteiger partial charge is 0.338 e. The number of hydrogen-bond acceptors (Lipinski definition) is 5. The Balaban J connectivity index is 1.87. The lowest BCUT2D eigenvalue weighted by Crippen LogP contribution is -2.33. The Labute approximate surface area is 176 Å². The number of thiophene rings is 1. The summed E-state index contributed by atoms with van der Waals surface area (Å²) < 4.78 is 13.3. The van der Waals surface area contributed by atoms with E-state index in [1.54, 1.807) is 17.0 Å². The number of aromatic amines is 1. The van der Waals surface area contributed by atoms with E-state index in [2.05, 4.69) is 16.5 Å². The third-order valence-electron chi connectivity index (χ3n) is 4.38. The summed E-state index contributed by atoms with van der Waals surface area (Å²) in [6, 6.07) is 6.07. The van der Waals surface area contributed by atoms with Crippen LogP contribution in [0.2, 0.25) is 0 Å². The second-order valence-electron chi connectivity index (χ2n) is 6.75. The zero-order chi connectivity index (χ0) is 21.1. The Morgan fingerprint density at radius 2 is 2.03 bits per heavy atom. The highest BCUT2D eigenvalue weighted by Gasteiger charge is 2.18. The van der Waals surface area contributed by atoms with E-state index in [1.807, 2.05) is 20.8 Å². The van der Waals surface area contributed by atoms with Crippen molar-refractivity contribution in [2.45, 2.75) is 25.9 Å². The summed E-state index contributed by atoms with van der Waals surface area (Å²) in [5.41, 5.74) is 2.20. The van der Waals surface area contributed by atoms with Crippen molar-refractivity contribution in [2.75, 3.05) is 18.8 Å². The van der Waals surface area contributed by atoms with Gasteiger partial charge in [-0.2, -0.15) is 0 Å². The van der Waals surface area contributed by atoms with Crippen molar-refractivity contribution in [2.24, 2.45) is 0 Å². The fraction of sp³-hybridized carbons (Fsp3) is 0.286. The second-order valence-corrected chi connectivity index (χ2v) is 8.91. The first-order valence-corrected chi connectivity index (χ1v) is 10.9. The molecule has 8 heteroatoms. The number of halogens is 1. The molecule has 0 saturated heterocycles. The van der Waals surface area contributed by atoms with E-state index in [9.17, 15) is 14.0 Å². The molecule has 1 aromatic carbocycles. The lowest BCUT2D eigenvalue weighted by Gasteiger charge is -2.20. The molecule has 3 aromatic rings. The van der Waals surface area contributed by atoms with E-state index in [-0.39, 0.29) is 23.0 Å². The van der Waals surface area contributed by atoms with Gasteiger partial charge in [0.05, 0.1) is 11.1 Å². The number of carbonyl (C=O) groups is 1. The summed E-state index contributed by atoms with van der Waals surface area (Å²) in [6.45, 7) is 10.7. The number of nitrogens with one attached hydrogen (secondary N) is 1. The zero-order valence-electron chi connectivity index (χ0n) is 16.5. The van der Waals surface area contributed by atoms with Gasteiger partial charge in [0.2, 0.25) is 5.91 Å². The lowest BCUT2D eigenvalue weighted by molar-refractivity contribution is -0.127. The number of hydrogen-bond donors (Lipinski definition) is 1. The molecule has 0 aliphatic heterocycles. The Morgan fingerprint density at radius 1 is 1.34 bits per heavy atom. The van der Waals surface area contributed by atoms with Crippen molar-refractivity contribution in [3.8, 4) is 11.1 Å². The van der Waals surface area contributed by atoms with E-state index in [4.69, 9.17) is 0 Å². The van der Waals surface area contributed by atoms with Crippen LogP contribution in [0.4, 0.5) is 4.39 Å². The molecule has 1 amide bonds. The van der Waals surface area contributed by atoms with Crippen LogP contribution in [0, 0.1) is 12.7 Å². The number of nitrogens with zero attached hydrogens (tertiary/aromatic N) is 2. The maximum absolute atomic E-state index is 13.3. The van der Waals surface area contributed by atoms with Crippen molar-refractivity contribution in [1.29, 1.82) is 0 Å². The van der Waals surface area contributed by atoms with Crippen LogP contribution in [0.1, 0.15) is 18.7 Å². The van der Waals surface area contributed by atoms with Gasteiger partial charge in [-0.1, -0.05) is 36.0 Å². The molecule has 0 radical (unpaired) electrons. The molecule has 0 unspecified atom stereocenters. The molecule has 0 saturated carbocycles. The molecule has 0 spiro atoms. The fourth-order valence-electron chi connectivity index (χ4n) is 3.06. The minimum Gasteiger partial charge on any atom is -0.338 e. The first kappa shape index (κ1) is 21.3. The van der Waals surface area contributed by atoms with Crippen LogP contribution in [0.15, 0.2) is 46.4 Å². The highest BCUT2D eigenvalue weighted by molar-refractivity contribution is 7.99. The topological polar surface area (TPSA) is 66.1 Å². The third kappa shape index (κ3) is 4.76. The van der Waals surface area contributed by atoms with Gasteiger partial charge >= 0.3 is 0 Å². The third-order valence-corrected chi connectivity index (χ3v) is 6.23. The van der Waals surface area contributed by atoms with Gasteiger partial charge in [0.15, 0.2) is 5.16 Å². The minimum absolute atomic E-state index is 0.0300. The number of aryl methyl sites for hydroxylation is 1. The molecule has 0 fully saturated rings. The van der Waals surface area contributed by atoms with Crippen LogP contribution >= 0.6 is 23.1 Å². The van der Waals surface area contributed by atoms with Crippen molar-refractivity contribution in [1.82, 2.24) is 14.9 Å². The van der Waals surface area contributed by atoms with Crippen LogP contribution < -0.4 is 5.56 Å². The van der Waals surface area contributed by atoms with Crippen LogP contribution in [-0.4, -0.2) is 39.6 Å². The highest BCUT2D eigenvalue weighted by Crippen LogP contribution is 2.36. The van der Waals surface area contributed by atoms with Crippen LogP contribution in [0.25, 0.3) is 21.3 Å². The monoisotopic (exact) mass is 431 g/mol. The van der Waals surface area contributed by atoms with Crippen molar-refractivity contribution in [3.05, 3.63) is 57.5 Å². The van der Waals surface area contributed by atoms with Gasteiger partial charge in [-0.3, -0.25) is 9.59 Å². The van der Waals surface area contributed by atoms with Crippen molar-refractivity contribution >= 4 is 39.2 Å². The smallest absolute Gasteiger partial charge is 0.260 e. The summed E-state index contributed by atoms with van der Waals surface area (Å²) in [5.74, 6) is -0.170.